The summed E-state index contributed by atoms with van der Waals surface area (Å²) in [6, 6.07) is 18.2. The van der Waals surface area contributed by atoms with Crippen LogP contribution < -0.4 is 0 Å². The first-order valence-corrected chi connectivity index (χ1v) is 10.4. The lowest BCUT2D eigenvalue weighted by Crippen LogP contribution is -2.40. The molecule has 5 heteroatoms. The number of thioether (sulfide) groups is 1. The van der Waals surface area contributed by atoms with Gasteiger partial charge in [0.15, 0.2) is 0 Å². The molecule has 2 aromatic carbocycles. The van der Waals surface area contributed by atoms with E-state index in [1.165, 1.54) is 5.56 Å². The zero-order valence-corrected chi connectivity index (χ0v) is 16.2. The van der Waals surface area contributed by atoms with E-state index in [9.17, 15) is 9.59 Å². The highest BCUT2D eigenvalue weighted by Crippen LogP contribution is 2.27. The Morgan fingerprint density at radius 2 is 1.67 bits per heavy atom. The number of carboxylic acids is 1. The number of aliphatic carboxylic acids is 1. The zero-order valence-electron chi connectivity index (χ0n) is 15.3. The van der Waals surface area contributed by atoms with Gasteiger partial charge in [0, 0.05) is 18.0 Å². The predicted octanol–water partition coefficient (Wildman–Crippen LogP) is 4.35. The molecule has 2 aromatic rings. The van der Waals surface area contributed by atoms with Crippen molar-refractivity contribution in [2.45, 2.75) is 30.6 Å². The molecule has 1 heterocycles. The summed E-state index contributed by atoms with van der Waals surface area (Å²) in [4.78, 5) is 26.8. The van der Waals surface area contributed by atoms with E-state index in [4.69, 9.17) is 5.11 Å². The first kappa shape index (κ1) is 19.5. The van der Waals surface area contributed by atoms with Crippen molar-refractivity contribution in [1.82, 2.24) is 4.90 Å². The molecule has 1 N–H and O–H groups in total. The van der Waals surface area contributed by atoms with Crippen LogP contribution in [-0.2, 0) is 11.2 Å². The fourth-order valence-electron chi connectivity index (χ4n) is 3.37. The normalized spacial score (nSPS) is 14.9. The van der Waals surface area contributed by atoms with E-state index in [1.807, 2.05) is 30.3 Å². The Morgan fingerprint density at radius 1 is 1.00 bits per heavy atom. The highest BCUT2D eigenvalue weighted by molar-refractivity contribution is 7.99. The lowest BCUT2D eigenvalue weighted by atomic mass is 9.96. The van der Waals surface area contributed by atoms with Crippen LogP contribution in [-0.4, -0.2) is 40.7 Å². The predicted molar refractivity (Wildman–Crippen MR) is 108 cm³/mol. The minimum Gasteiger partial charge on any atom is -0.481 e. The number of hydrogen-bond acceptors (Lipinski definition) is 3. The average Bonchev–Trinajstić information content (AvgIpc) is 2.72. The molecule has 0 spiro atoms. The van der Waals surface area contributed by atoms with Crippen molar-refractivity contribution in [3.8, 4) is 0 Å². The lowest BCUT2D eigenvalue weighted by molar-refractivity contribution is -0.143. The van der Waals surface area contributed by atoms with Crippen LogP contribution in [0.3, 0.4) is 0 Å². The van der Waals surface area contributed by atoms with E-state index in [2.05, 4.69) is 24.3 Å². The summed E-state index contributed by atoms with van der Waals surface area (Å²) < 4.78 is 0. The van der Waals surface area contributed by atoms with E-state index < -0.39 is 5.97 Å². The molecule has 142 valence electrons. The maximum absolute atomic E-state index is 12.9. The molecule has 1 amide bonds. The molecular weight excluding hydrogens is 358 g/mol. The number of hydrogen-bond donors (Lipinski definition) is 1. The van der Waals surface area contributed by atoms with Crippen molar-refractivity contribution >= 4 is 23.6 Å². The maximum Gasteiger partial charge on any atom is 0.306 e. The van der Waals surface area contributed by atoms with Crippen LogP contribution in [0.25, 0.3) is 0 Å². The second-order valence-corrected chi connectivity index (χ2v) is 7.98. The average molecular weight is 384 g/mol. The van der Waals surface area contributed by atoms with Crippen LogP contribution in [0.2, 0.25) is 0 Å². The van der Waals surface area contributed by atoms with Crippen molar-refractivity contribution < 1.29 is 14.7 Å². The van der Waals surface area contributed by atoms with Gasteiger partial charge in [-0.2, -0.15) is 0 Å². The molecule has 1 aliphatic heterocycles. The molecule has 0 bridgehead atoms. The molecular formula is C22H25NO3S. The summed E-state index contributed by atoms with van der Waals surface area (Å²) in [6.45, 7) is 1.03. The number of nitrogens with zero attached hydrogens (tertiary/aromatic N) is 1. The Balaban J connectivity index is 1.55. The number of carboxylic acid groups (broad SMARTS) is 1. The number of aryl methyl sites for hydroxylation is 1. The number of rotatable bonds is 7. The van der Waals surface area contributed by atoms with Gasteiger partial charge in [-0.05, 0) is 49.1 Å². The van der Waals surface area contributed by atoms with E-state index >= 15 is 0 Å². The van der Waals surface area contributed by atoms with Gasteiger partial charge in [0.05, 0.1) is 11.5 Å². The molecule has 0 atom stereocenters. The van der Waals surface area contributed by atoms with Gasteiger partial charge in [-0.25, -0.2) is 0 Å². The van der Waals surface area contributed by atoms with Crippen molar-refractivity contribution in [2.75, 3.05) is 18.8 Å². The number of likely N-dealkylation sites (tertiary alicyclic amines) is 1. The van der Waals surface area contributed by atoms with Crippen LogP contribution in [0.4, 0.5) is 0 Å². The minimum atomic E-state index is -0.753. The second kappa shape index (κ2) is 9.60. The summed E-state index contributed by atoms with van der Waals surface area (Å²) in [5, 5.41) is 9.12. The fraction of sp³-hybridized carbons (Fsp3) is 0.364. The Kier molecular flexibility index (Phi) is 6.93. The van der Waals surface area contributed by atoms with Gasteiger partial charge in [-0.3, -0.25) is 9.59 Å². The summed E-state index contributed by atoms with van der Waals surface area (Å²) in [5.41, 5.74) is 2.07. The number of piperidine rings is 1. The summed E-state index contributed by atoms with van der Waals surface area (Å²) in [6.07, 6.45) is 3.16. The van der Waals surface area contributed by atoms with E-state index in [0.717, 1.165) is 29.1 Å². The highest BCUT2D eigenvalue weighted by atomic mass is 32.2. The van der Waals surface area contributed by atoms with Gasteiger partial charge in [0.2, 0.25) is 0 Å². The van der Waals surface area contributed by atoms with Gasteiger partial charge in [0.25, 0.3) is 5.91 Å². The molecule has 1 saturated heterocycles. The molecule has 1 aliphatic rings. The quantitative estimate of drug-likeness (QED) is 0.570. The molecule has 0 aliphatic carbocycles. The van der Waals surface area contributed by atoms with Crippen molar-refractivity contribution in [1.29, 1.82) is 0 Å². The van der Waals surface area contributed by atoms with Crippen LogP contribution in [0.1, 0.15) is 35.2 Å². The lowest BCUT2D eigenvalue weighted by Gasteiger charge is -2.30. The van der Waals surface area contributed by atoms with Gasteiger partial charge in [-0.15, -0.1) is 11.8 Å². The Bertz CT molecular complexity index is 770. The standard InChI is InChI=1S/C22H25NO3S/c24-21(23-14-12-18(13-15-23)22(25)26)19-10-4-5-11-20(19)27-16-6-9-17-7-2-1-3-8-17/h1-5,7-8,10-11,18H,6,9,12-16H2,(H,25,26). The zero-order chi connectivity index (χ0) is 19.1. The number of benzene rings is 2. The number of carbonyl (C=O) groups is 2. The third kappa shape index (κ3) is 5.36. The Morgan fingerprint density at radius 3 is 2.37 bits per heavy atom. The largest absolute Gasteiger partial charge is 0.481 e. The van der Waals surface area contributed by atoms with Crippen molar-refractivity contribution in [3.63, 3.8) is 0 Å². The summed E-state index contributed by atoms with van der Waals surface area (Å²) >= 11 is 1.72. The Hall–Kier alpha value is -2.27. The first-order valence-electron chi connectivity index (χ1n) is 9.43. The number of amides is 1. The topological polar surface area (TPSA) is 57.6 Å². The van der Waals surface area contributed by atoms with Crippen LogP contribution in [0.15, 0.2) is 59.5 Å². The van der Waals surface area contributed by atoms with Crippen LogP contribution >= 0.6 is 11.8 Å². The smallest absolute Gasteiger partial charge is 0.306 e. The maximum atomic E-state index is 12.9. The molecule has 0 saturated carbocycles. The fourth-order valence-corrected chi connectivity index (χ4v) is 4.37. The van der Waals surface area contributed by atoms with Gasteiger partial charge >= 0.3 is 5.97 Å². The van der Waals surface area contributed by atoms with E-state index in [1.54, 1.807) is 16.7 Å². The molecule has 1 fully saturated rings. The van der Waals surface area contributed by atoms with E-state index in [-0.39, 0.29) is 11.8 Å². The Labute approximate surface area is 164 Å². The first-order chi connectivity index (χ1) is 13.1. The molecule has 4 nitrogen and oxygen atoms in total. The molecule has 0 unspecified atom stereocenters. The molecule has 27 heavy (non-hydrogen) atoms. The van der Waals surface area contributed by atoms with Gasteiger partial charge in [-0.1, -0.05) is 42.5 Å². The summed E-state index contributed by atoms with van der Waals surface area (Å²) in [7, 11) is 0. The third-order valence-corrected chi connectivity index (χ3v) is 6.12. The third-order valence-electron chi connectivity index (χ3n) is 4.96. The second-order valence-electron chi connectivity index (χ2n) is 6.84. The number of carbonyl (C=O) groups excluding carboxylic acids is 1. The monoisotopic (exact) mass is 383 g/mol. The summed E-state index contributed by atoms with van der Waals surface area (Å²) in [5.74, 6) is -0.0987. The van der Waals surface area contributed by atoms with E-state index in [0.29, 0.717) is 25.9 Å². The van der Waals surface area contributed by atoms with Crippen LogP contribution in [0.5, 0.6) is 0 Å². The van der Waals surface area contributed by atoms with Crippen molar-refractivity contribution in [2.24, 2.45) is 5.92 Å². The highest BCUT2D eigenvalue weighted by Gasteiger charge is 2.28. The van der Waals surface area contributed by atoms with Gasteiger partial charge < -0.3 is 10.0 Å². The molecule has 0 aromatic heterocycles. The SMILES string of the molecule is O=C(O)C1CCN(C(=O)c2ccccc2SCCCc2ccccc2)CC1. The minimum absolute atomic E-state index is 0.0185. The molecule has 3 rings (SSSR count). The van der Waals surface area contributed by atoms with Crippen molar-refractivity contribution in [3.05, 3.63) is 65.7 Å². The van der Waals surface area contributed by atoms with Crippen LogP contribution in [0, 0.1) is 5.92 Å². The van der Waals surface area contributed by atoms with Gasteiger partial charge in [0.1, 0.15) is 0 Å². The molecule has 0 radical (unpaired) electrons.